The summed E-state index contributed by atoms with van der Waals surface area (Å²) in [6.45, 7) is 8.26. The van der Waals surface area contributed by atoms with E-state index in [1.54, 1.807) is 0 Å². The van der Waals surface area contributed by atoms with Gasteiger partial charge in [0.15, 0.2) is 0 Å². The van der Waals surface area contributed by atoms with Gasteiger partial charge in [-0.3, -0.25) is 4.21 Å². The first-order valence-corrected chi connectivity index (χ1v) is 6.05. The number of nitrogens with two attached hydrogens (primary N) is 1. The van der Waals surface area contributed by atoms with Crippen LogP contribution in [0.5, 0.6) is 0 Å². The first-order valence-electron chi connectivity index (χ1n) is 4.57. The summed E-state index contributed by atoms with van der Waals surface area (Å²) in [4.78, 5) is 0. The molecule has 1 unspecified atom stereocenters. The van der Waals surface area contributed by atoms with E-state index in [9.17, 15) is 4.21 Å². The van der Waals surface area contributed by atoms with Crippen molar-refractivity contribution in [1.29, 1.82) is 0 Å². The van der Waals surface area contributed by atoms with Crippen molar-refractivity contribution in [3.05, 3.63) is 0 Å². The monoisotopic (exact) mass is 207 g/mol. The summed E-state index contributed by atoms with van der Waals surface area (Å²) >= 11 is 0. The van der Waals surface area contributed by atoms with Crippen molar-refractivity contribution in [3.8, 4) is 0 Å². The van der Waals surface area contributed by atoms with E-state index >= 15 is 0 Å². The molecule has 0 aromatic heterocycles. The van der Waals surface area contributed by atoms with Crippen molar-refractivity contribution in [2.75, 3.05) is 18.1 Å². The highest BCUT2D eigenvalue weighted by Crippen LogP contribution is 2.00. The van der Waals surface area contributed by atoms with Gasteiger partial charge in [-0.25, -0.2) is 0 Å². The van der Waals surface area contributed by atoms with E-state index in [2.05, 4.69) is 0 Å². The van der Waals surface area contributed by atoms with Gasteiger partial charge in [-0.05, 0) is 27.7 Å². The highest BCUT2D eigenvalue weighted by molar-refractivity contribution is 7.85. The van der Waals surface area contributed by atoms with Crippen molar-refractivity contribution in [1.82, 2.24) is 0 Å². The molecule has 0 radical (unpaired) electrons. The molecule has 13 heavy (non-hydrogen) atoms. The van der Waals surface area contributed by atoms with E-state index in [0.717, 1.165) is 0 Å². The van der Waals surface area contributed by atoms with Crippen molar-refractivity contribution in [3.63, 3.8) is 0 Å². The van der Waals surface area contributed by atoms with Crippen molar-refractivity contribution < 1.29 is 8.95 Å². The van der Waals surface area contributed by atoms with Gasteiger partial charge >= 0.3 is 0 Å². The van der Waals surface area contributed by atoms with Crippen LogP contribution in [0.15, 0.2) is 0 Å². The lowest BCUT2D eigenvalue weighted by Crippen LogP contribution is -2.39. The van der Waals surface area contributed by atoms with E-state index < -0.39 is 10.8 Å². The summed E-state index contributed by atoms with van der Waals surface area (Å²) in [7, 11) is -0.856. The minimum atomic E-state index is -0.856. The normalized spacial score (nSPS) is 14.9. The second-order valence-electron chi connectivity index (χ2n) is 4.20. The first-order chi connectivity index (χ1) is 5.81. The van der Waals surface area contributed by atoms with Crippen LogP contribution in [0.4, 0.5) is 0 Å². The van der Waals surface area contributed by atoms with Crippen LogP contribution in [0, 0.1) is 0 Å². The largest absolute Gasteiger partial charge is 0.378 e. The number of ether oxygens (including phenoxy) is 1. The van der Waals surface area contributed by atoms with Crippen LogP contribution in [-0.2, 0) is 15.5 Å². The molecule has 0 heterocycles. The lowest BCUT2D eigenvalue weighted by Gasteiger charge is -2.17. The Morgan fingerprint density at radius 3 is 2.38 bits per heavy atom. The van der Waals surface area contributed by atoms with E-state index in [0.29, 0.717) is 18.1 Å². The zero-order chi connectivity index (χ0) is 10.5. The van der Waals surface area contributed by atoms with Gasteiger partial charge < -0.3 is 10.5 Å². The van der Waals surface area contributed by atoms with E-state index in [1.165, 1.54) is 0 Å². The maximum Gasteiger partial charge on any atom is 0.0585 e. The first kappa shape index (κ1) is 13.1. The molecule has 2 N–H and O–H groups in total. The van der Waals surface area contributed by atoms with Gasteiger partial charge in [-0.15, -0.1) is 0 Å². The predicted molar refractivity (Wildman–Crippen MR) is 57.2 cm³/mol. The standard InChI is InChI=1S/C9H21NO2S/c1-8(2)12-5-6-13(11)7-9(3,4)10/h8H,5-7,10H2,1-4H3. The third kappa shape index (κ3) is 9.99. The topological polar surface area (TPSA) is 52.3 Å². The Morgan fingerprint density at radius 2 is 2.00 bits per heavy atom. The molecule has 1 atom stereocenters. The maximum absolute atomic E-state index is 11.4. The van der Waals surface area contributed by atoms with Crippen LogP contribution in [0.2, 0.25) is 0 Å². The molecule has 0 amide bonds. The number of hydrogen-bond donors (Lipinski definition) is 1. The van der Waals surface area contributed by atoms with Crippen LogP contribution < -0.4 is 5.73 Å². The molecule has 0 aliphatic rings. The number of rotatable bonds is 6. The van der Waals surface area contributed by atoms with Crippen molar-refractivity contribution in [2.24, 2.45) is 5.73 Å². The molecule has 0 aliphatic carbocycles. The van der Waals surface area contributed by atoms with Gasteiger partial charge in [0.2, 0.25) is 0 Å². The molecule has 0 spiro atoms. The Balaban J connectivity index is 3.53. The summed E-state index contributed by atoms with van der Waals surface area (Å²) < 4.78 is 16.7. The van der Waals surface area contributed by atoms with Gasteiger partial charge in [0.25, 0.3) is 0 Å². The molecule has 80 valence electrons. The Kier molecular flexibility index (Phi) is 5.76. The Morgan fingerprint density at radius 1 is 1.46 bits per heavy atom. The van der Waals surface area contributed by atoms with Crippen LogP contribution in [0.3, 0.4) is 0 Å². The highest BCUT2D eigenvalue weighted by atomic mass is 32.2. The van der Waals surface area contributed by atoms with Gasteiger partial charge in [0, 0.05) is 27.8 Å². The second-order valence-corrected chi connectivity index (χ2v) is 5.77. The van der Waals surface area contributed by atoms with E-state index in [1.807, 2.05) is 27.7 Å². The molecular formula is C9H21NO2S. The van der Waals surface area contributed by atoms with Crippen LogP contribution in [-0.4, -0.2) is 34.0 Å². The smallest absolute Gasteiger partial charge is 0.0585 e. The highest BCUT2D eigenvalue weighted by Gasteiger charge is 2.14. The van der Waals surface area contributed by atoms with Gasteiger partial charge in [-0.1, -0.05) is 0 Å². The molecule has 0 aliphatic heterocycles. The van der Waals surface area contributed by atoms with Crippen LogP contribution >= 0.6 is 0 Å². The van der Waals surface area contributed by atoms with Crippen LogP contribution in [0.25, 0.3) is 0 Å². The third-order valence-corrected chi connectivity index (χ3v) is 2.98. The average molecular weight is 207 g/mol. The van der Waals surface area contributed by atoms with Crippen molar-refractivity contribution >= 4 is 10.8 Å². The zero-order valence-electron chi connectivity index (χ0n) is 9.00. The Bertz CT molecular complexity index is 163. The quantitative estimate of drug-likeness (QED) is 0.704. The maximum atomic E-state index is 11.4. The Labute approximate surface area is 83.5 Å². The minimum Gasteiger partial charge on any atom is -0.378 e. The number of hydrogen-bond acceptors (Lipinski definition) is 3. The molecule has 3 nitrogen and oxygen atoms in total. The fraction of sp³-hybridized carbons (Fsp3) is 1.00. The summed E-state index contributed by atoms with van der Waals surface area (Å²) in [5.74, 6) is 1.12. The van der Waals surface area contributed by atoms with E-state index in [4.69, 9.17) is 10.5 Å². The SMILES string of the molecule is CC(C)OCCS(=O)CC(C)(C)N. The predicted octanol–water partition coefficient (Wildman–Crippen LogP) is 0.897. The fourth-order valence-corrected chi connectivity index (χ4v) is 2.12. The molecule has 0 rings (SSSR count). The zero-order valence-corrected chi connectivity index (χ0v) is 9.82. The molecular weight excluding hydrogens is 186 g/mol. The minimum absolute atomic E-state index is 0.211. The van der Waals surface area contributed by atoms with Gasteiger partial charge in [0.1, 0.15) is 0 Å². The molecule has 4 heteroatoms. The molecule has 0 aromatic rings. The Hall–Kier alpha value is 0.0700. The van der Waals surface area contributed by atoms with Crippen LogP contribution in [0.1, 0.15) is 27.7 Å². The average Bonchev–Trinajstić information content (AvgIpc) is 1.81. The molecule has 0 saturated heterocycles. The lowest BCUT2D eigenvalue weighted by molar-refractivity contribution is 0.0916. The summed E-state index contributed by atoms with van der Waals surface area (Å²) in [6, 6.07) is 0. The van der Waals surface area contributed by atoms with Gasteiger partial charge in [0.05, 0.1) is 12.7 Å². The lowest BCUT2D eigenvalue weighted by atomic mass is 10.1. The summed E-state index contributed by atoms with van der Waals surface area (Å²) in [5, 5.41) is 0. The summed E-state index contributed by atoms with van der Waals surface area (Å²) in [6.07, 6.45) is 0.211. The third-order valence-electron chi connectivity index (χ3n) is 1.30. The van der Waals surface area contributed by atoms with E-state index in [-0.39, 0.29) is 11.6 Å². The summed E-state index contributed by atoms with van der Waals surface area (Å²) in [5.41, 5.74) is 5.39. The van der Waals surface area contributed by atoms with Gasteiger partial charge in [-0.2, -0.15) is 0 Å². The van der Waals surface area contributed by atoms with Crippen molar-refractivity contribution in [2.45, 2.75) is 39.3 Å². The fourth-order valence-electron chi connectivity index (χ4n) is 0.864. The molecule has 0 aromatic carbocycles. The molecule has 0 fully saturated rings. The second kappa shape index (κ2) is 5.73. The molecule has 0 saturated carbocycles. The molecule has 0 bridgehead atoms.